The lowest BCUT2D eigenvalue weighted by molar-refractivity contribution is -0.136. The first-order valence-corrected chi connectivity index (χ1v) is 16.3. The number of benzene rings is 2. The van der Waals surface area contributed by atoms with E-state index in [0.717, 1.165) is 35.0 Å². The summed E-state index contributed by atoms with van der Waals surface area (Å²) in [7, 11) is 1.72. The fourth-order valence-electron chi connectivity index (χ4n) is 6.51. The van der Waals surface area contributed by atoms with Crippen molar-refractivity contribution in [1.82, 2.24) is 24.8 Å². The minimum Gasteiger partial charge on any atom is -0.490 e. The highest BCUT2D eigenvalue weighted by Gasteiger charge is 2.39. The van der Waals surface area contributed by atoms with Crippen molar-refractivity contribution in [3.63, 3.8) is 0 Å². The van der Waals surface area contributed by atoms with Crippen LogP contribution < -0.4 is 30.6 Å². The summed E-state index contributed by atoms with van der Waals surface area (Å²) in [6.45, 7) is 3.87. The van der Waals surface area contributed by atoms with E-state index in [9.17, 15) is 19.2 Å². The first-order valence-electron chi connectivity index (χ1n) is 15.9. The monoisotopic (exact) mass is 671 g/mol. The Hall–Kier alpha value is -5.17. The third kappa shape index (κ3) is 6.01. The summed E-state index contributed by atoms with van der Waals surface area (Å²) in [4.78, 5) is 62.4. The summed E-state index contributed by atoms with van der Waals surface area (Å²) in [6.07, 6.45) is 3.55. The van der Waals surface area contributed by atoms with Gasteiger partial charge in [0.25, 0.3) is 11.5 Å². The van der Waals surface area contributed by atoms with Crippen molar-refractivity contribution in [3.8, 4) is 11.5 Å². The van der Waals surface area contributed by atoms with Crippen molar-refractivity contribution >= 4 is 57.7 Å². The number of anilines is 3. The predicted octanol–water partition coefficient (Wildman–Crippen LogP) is 3.93. The molecule has 48 heavy (non-hydrogen) atoms. The summed E-state index contributed by atoms with van der Waals surface area (Å²) in [5.74, 6) is 1.03. The largest absolute Gasteiger partial charge is 0.490 e. The lowest BCUT2D eigenvalue weighted by Crippen LogP contribution is -2.52. The molecule has 13 nitrogen and oxygen atoms in total. The van der Waals surface area contributed by atoms with Gasteiger partial charge in [0.05, 0.1) is 18.3 Å². The molecule has 3 aliphatic heterocycles. The molecule has 2 aromatic carbocycles. The third-order valence-electron chi connectivity index (χ3n) is 9.01. The fraction of sp³-hybridized carbons (Fsp3) is 0.353. The quantitative estimate of drug-likeness (QED) is 0.264. The van der Waals surface area contributed by atoms with Crippen molar-refractivity contribution in [1.29, 1.82) is 0 Å². The van der Waals surface area contributed by atoms with Gasteiger partial charge in [0, 0.05) is 62.6 Å². The maximum absolute atomic E-state index is 13.0. The minimum absolute atomic E-state index is 0.0392. The van der Waals surface area contributed by atoms with Gasteiger partial charge in [-0.1, -0.05) is 11.6 Å². The Morgan fingerprint density at radius 1 is 1.04 bits per heavy atom. The molecule has 248 valence electrons. The first-order chi connectivity index (χ1) is 23.2. The molecule has 5 heterocycles. The van der Waals surface area contributed by atoms with Crippen LogP contribution in [0.15, 0.2) is 53.5 Å². The molecular weight excluding hydrogens is 638 g/mol. The Kier molecular flexibility index (Phi) is 8.38. The number of piperidine rings is 2. The number of amides is 3. The number of fused-ring (bicyclic) bond motifs is 2. The van der Waals surface area contributed by atoms with Crippen LogP contribution in [0, 0.1) is 0 Å². The molecule has 7 rings (SSSR count). The van der Waals surface area contributed by atoms with Crippen molar-refractivity contribution in [3.05, 3.63) is 75.2 Å². The van der Waals surface area contributed by atoms with Gasteiger partial charge in [-0.15, -0.1) is 0 Å². The molecule has 0 bridgehead atoms. The Bertz CT molecular complexity index is 2010. The number of aryl methyl sites for hydroxylation is 1. The normalized spacial score (nSPS) is 18.2. The SMILES string of the molecule is CCOc1cc2cc(Nc3nc(N4CCC(Oc5ccc6c(c5)CN(C5CCC(=O)NC5=O)C6=O)CC4)ncc3Cl)ccc2n(C)c1=O. The summed E-state index contributed by atoms with van der Waals surface area (Å²) < 4.78 is 13.4. The van der Waals surface area contributed by atoms with E-state index >= 15 is 0 Å². The van der Waals surface area contributed by atoms with Gasteiger partial charge in [0.2, 0.25) is 17.8 Å². The van der Waals surface area contributed by atoms with Crippen LogP contribution in [-0.4, -0.2) is 69.0 Å². The zero-order chi connectivity index (χ0) is 33.5. The van der Waals surface area contributed by atoms with Gasteiger partial charge in [-0.3, -0.25) is 24.5 Å². The second-order valence-electron chi connectivity index (χ2n) is 12.1. The van der Waals surface area contributed by atoms with E-state index in [-0.39, 0.29) is 29.9 Å². The van der Waals surface area contributed by atoms with E-state index < -0.39 is 11.9 Å². The number of hydrogen-bond acceptors (Lipinski definition) is 10. The van der Waals surface area contributed by atoms with Gasteiger partial charge < -0.3 is 29.2 Å². The van der Waals surface area contributed by atoms with Crippen LogP contribution in [0.1, 0.15) is 48.5 Å². The number of halogens is 1. The van der Waals surface area contributed by atoms with Gasteiger partial charge in [0.1, 0.15) is 22.9 Å². The number of carbonyl (C=O) groups excluding carboxylic acids is 3. The number of aromatic nitrogens is 3. The maximum Gasteiger partial charge on any atom is 0.293 e. The van der Waals surface area contributed by atoms with Crippen LogP contribution in [0.2, 0.25) is 5.02 Å². The molecule has 3 amide bonds. The molecule has 4 aromatic rings. The highest BCUT2D eigenvalue weighted by Crippen LogP contribution is 2.32. The van der Waals surface area contributed by atoms with Crippen LogP contribution in [0.4, 0.5) is 17.5 Å². The van der Waals surface area contributed by atoms with Crippen molar-refractivity contribution in [2.45, 2.75) is 51.3 Å². The summed E-state index contributed by atoms with van der Waals surface area (Å²) in [5.41, 5.74) is 2.69. The minimum atomic E-state index is -0.653. The van der Waals surface area contributed by atoms with Gasteiger partial charge in [-0.2, -0.15) is 4.98 Å². The average molecular weight is 672 g/mol. The van der Waals surface area contributed by atoms with Crippen LogP contribution in [-0.2, 0) is 23.2 Å². The van der Waals surface area contributed by atoms with E-state index in [2.05, 4.69) is 20.5 Å². The smallest absolute Gasteiger partial charge is 0.293 e. The number of ether oxygens (including phenoxy) is 2. The lowest BCUT2D eigenvalue weighted by atomic mass is 10.0. The number of hydrogen-bond donors (Lipinski definition) is 2. The Labute approximate surface area is 280 Å². The average Bonchev–Trinajstić information content (AvgIpc) is 3.40. The van der Waals surface area contributed by atoms with E-state index in [4.69, 9.17) is 26.1 Å². The molecule has 0 spiro atoms. The van der Waals surface area contributed by atoms with Gasteiger partial charge in [-0.05, 0) is 61.4 Å². The molecule has 0 saturated carbocycles. The van der Waals surface area contributed by atoms with Crippen LogP contribution >= 0.6 is 11.6 Å². The number of carbonyl (C=O) groups is 3. The van der Waals surface area contributed by atoms with E-state index in [1.54, 1.807) is 36.0 Å². The molecule has 14 heteroatoms. The van der Waals surface area contributed by atoms with E-state index in [1.165, 1.54) is 4.90 Å². The topological polar surface area (TPSA) is 148 Å². The number of nitrogens with one attached hydrogen (secondary N) is 2. The zero-order valence-electron chi connectivity index (χ0n) is 26.5. The molecule has 1 atom stereocenters. The highest BCUT2D eigenvalue weighted by atomic mass is 35.5. The highest BCUT2D eigenvalue weighted by molar-refractivity contribution is 6.33. The van der Waals surface area contributed by atoms with Crippen LogP contribution in [0.25, 0.3) is 10.9 Å². The number of rotatable bonds is 8. The Morgan fingerprint density at radius 2 is 1.85 bits per heavy atom. The molecule has 2 fully saturated rings. The second-order valence-corrected chi connectivity index (χ2v) is 12.5. The molecular formula is C34H34ClN7O6. The third-order valence-corrected chi connectivity index (χ3v) is 9.28. The van der Waals surface area contributed by atoms with Crippen molar-refractivity contribution in [2.24, 2.45) is 7.05 Å². The Morgan fingerprint density at radius 3 is 2.62 bits per heavy atom. The molecule has 1 unspecified atom stereocenters. The van der Waals surface area contributed by atoms with Crippen molar-refractivity contribution < 1.29 is 23.9 Å². The fourth-order valence-corrected chi connectivity index (χ4v) is 6.65. The number of pyridine rings is 1. The van der Waals surface area contributed by atoms with Gasteiger partial charge in [0.15, 0.2) is 11.6 Å². The second kappa shape index (κ2) is 12.8. The Balaban J connectivity index is 0.988. The first kappa shape index (κ1) is 31.4. The number of imide groups is 1. The summed E-state index contributed by atoms with van der Waals surface area (Å²) >= 11 is 6.50. The predicted molar refractivity (Wildman–Crippen MR) is 179 cm³/mol. The molecule has 0 radical (unpaired) electrons. The molecule has 0 aliphatic carbocycles. The summed E-state index contributed by atoms with van der Waals surface area (Å²) in [5, 5.41) is 6.83. The van der Waals surface area contributed by atoms with E-state index in [0.29, 0.717) is 66.5 Å². The molecule has 2 saturated heterocycles. The maximum atomic E-state index is 13.0. The van der Waals surface area contributed by atoms with Crippen molar-refractivity contribution in [2.75, 3.05) is 29.9 Å². The molecule has 2 aromatic heterocycles. The van der Waals surface area contributed by atoms with Gasteiger partial charge >= 0.3 is 0 Å². The van der Waals surface area contributed by atoms with Crippen LogP contribution in [0.5, 0.6) is 11.5 Å². The number of nitrogens with zero attached hydrogens (tertiary/aromatic N) is 5. The summed E-state index contributed by atoms with van der Waals surface area (Å²) in [6, 6.07) is 12.1. The van der Waals surface area contributed by atoms with Gasteiger partial charge in [-0.25, -0.2) is 4.98 Å². The standard InChI is InChI=1S/C34H34ClN7O6/c1-3-47-28-16-19-14-21(4-7-26(19)40(2)33(28)46)37-30-25(35)17-36-34(39-30)41-12-10-22(11-13-41)48-23-5-6-24-20(15-23)18-42(32(24)45)27-8-9-29(43)38-31(27)44/h4-7,14-17,22,27H,3,8-13,18H2,1-2H3,(H,36,37,39)(H,38,43,44). The lowest BCUT2D eigenvalue weighted by Gasteiger charge is -2.32. The zero-order valence-corrected chi connectivity index (χ0v) is 27.2. The van der Waals surface area contributed by atoms with Crippen LogP contribution in [0.3, 0.4) is 0 Å². The van der Waals surface area contributed by atoms with E-state index in [1.807, 2.05) is 31.2 Å². The molecule has 3 aliphatic rings. The molecule has 2 N–H and O–H groups in total.